The zero-order valence-electron chi connectivity index (χ0n) is 17.9. The zero-order chi connectivity index (χ0) is 22.9. The Hall–Kier alpha value is -3.71. The van der Waals surface area contributed by atoms with Gasteiger partial charge in [-0.3, -0.25) is 4.79 Å². The van der Waals surface area contributed by atoms with Crippen molar-refractivity contribution in [3.05, 3.63) is 82.4 Å². The van der Waals surface area contributed by atoms with Gasteiger partial charge in [0.25, 0.3) is 5.91 Å². The molecule has 7 nitrogen and oxygen atoms in total. The van der Waals surface area contributed by atoms with Crippen LogP contribution in [-0.2, 0) is 6.61 Å². The van der Waals surface area contributed by atoms with E-state index in [1.165, 1.54) is 21.3 Å². The average molecular weight is 455 g/mol. The molecule has 3 rings (SSSR count). The SMILES string of the molecule is COc1cc(C(=O)N/N=C/c2ccc(OCc3ccc(Cl)cc3)cc2)cc(OC)c1OC. The molecule has 0 saturated carbocycles. The molecule has 0 aliphatic carbocycles. The van der Waals surface area contributed by atoms with E-state index in [0.29, 0.717) is 34.4 Å². The van der Waals surface area contributed by atoms with Crippen molar-refractivity contribution in [2.75, 3.05) is 21.3 Å². The van der Waals surface area contributed by atoms with Crippen molar-refractivity contribution in [3.8, 4) is 23.0 Å². The third-order valence-electron chi connectivity index (χ3n) is 4.51. The fraction of sp³-hybridized carbons (Fsp3) is 0.167. The zero-order valence-corrected chi connectivity index (χ0v) is 18.7. The molecule has 32 heavy (non-hydrogen) atoms. The van der Waals surface area contributed by atoms with Gasteiger partial charge < -0.3 is 18.9 Å². The van der Waals surface area contributed by atoms with E-state index in [9.17, 15) is 4.79 Å². The second-order valence-electron chi connectivity index (χ2n) is 6.60. The molecule has 3 aromatic rings. The highest BCUT2D eigenvalue weighted by Gasteiger charge is 2.16. The lowest BCUT2D eigenvalue weighted by Crippen LogP contribution is -2.18. The minimum absolute atomic E-state index is 0.322. The Morgan fingerprint density at radius 2 is 1.56 bits per heavy atom. The molecule has 3 aromatic carbocycles. The number of benzene rings is 3. The number of carbonyl (C=O) groups excluding carboxylic acids is 1. The van der Waals surface area contributed by atoms with E-state index >= 15 is 0 Å². The predicted molar refractivity (Wildman–Crippen MR) is 123 cm³/mol. The standard InChI is InChI=1S/C24H23ClN2O5/c1-29-21-12-18(13-22(30-2)23(21)31-3)24(28)27-26-14-16-6-10-20(11-7-16)32-15-17-4-8-19(25)9-5-17/h4-14H,15H2,1-3H3,(H,27,28)/b26-14+. The minimum Gasteiger partial charge on any atom is -0.493 e. The second kappa shape index (κ2) is 11.1. The largest absolute Gasteiger partial charge is 0.493 e. The molecule has 0 atom stereocenters. The number of halogens is 1. The van der Waals surface area contributed by atoms with Gasteiger partial charge >= 0.3 is 0 Å². The number of nitrogens with one attached hydrogen (secondary N) is 1. The summed E-state index contributed by atoms with van der Waals surface area (Å²) in [5, 5.41) is 4.70. The maximum Gasteiger partial charge on any atom is 0.271 e. The number of carbonyl (C=O) groups is 1. The normalized spacial score (nSPS) is 10.6. The van der Waals surface area contributed by atoms with E-state index in [2.05, 4.69) is 10.5 Å². The van der Waals surface area contributed by atoms with Crippen LogP contribution < -0.4 is 24.4 Å². The maximum absolute atomic E-state index is 12.5. The number of ether oxygens (including phenoxy) is 4. The van der Waals surface area contributed by atoms with Gasteiger partial charge in [0.2, 0.25) is 5.75 Å². The van der Waals surface area contributed by atoms with Crippen LogP contribution in [0.25, 0.3) is 0 Å². The van der Waals surface area contributed by atoms with Gasteiger partial charge in [-0.05, 0) is 59.7 Å². The molecule has 0 aliphatic heterocycles. The highest BCUT2D eigenvalue weighted by atomic mass is 35.5. The van der Waals surface area contributed by atoms with Crippen LogP contribution in [0.4, 0.5) is 0 Å². The fourth-order valence-corrected chi connectivity index (χ4v) is 2.97. The molecule has 0 spiro atoms. The summed E-state index contributed by atoms with van der Waals surface area (Å²) in [7, 11) is 4.47. The second-order valence-corrected chi connectivity index (χ2v) is 7.03. The topological polar surface area (TPSA) is 78.4 Å². The summed E-state index contributed by atoms with van der Waals surface area (Å²) in [5.41, 5.74) is 4.63. The summed E-state index contributed by atoms with van der Waals surface area (Å²) in [6.45, 7) is 0.440. The number of hydrogen-bond acceptors (Lipinski definition) is 6. The first-order valence-electron chi connectivity index (χ1n) is 9.64. The Balaban J connectivity index is 1.58. The number of amides is 1. The molecule has 8 heteroatoms. The van der Waals surface area contributed by atoms with Gasteiger partial charge in [0.1, 0.15) is 12.4 Å². The Kier molecular flexibility index (Phi) is 7.94. The number of rotatable bonds is 9. The Morgan fingerprint density at radius 3 is 2.12 bits per heavy atom. The molecule has 0 aromatic heterocycles. The molecule has 166 valence electrons. The summed E-state index contributed by atoms with van der Waals surface area (Å²) in [6, 6.07) is 17.9. The highest BCUT2D eigenvalue weighted by Crippen LogP contribution is 2.38. The number of nitrogens with zero attached hydrogens (tertiary/aromatic N) is 1. The summed E-state index contributed by atoms with van der Waals surface area (Å²) in [5.74, 6) is 1.49. The van der Waals surface area contributed by atoms with E-state index in [1.54, 1.807) is 18.3 Å². The summed E-state index contributed by atoms with van der Waals surface area (Å²) in [4.78, 5) is 12.5. The van der Waals surface area contributed by atoms with Gasteiger partial charge in [0, 0.05) is 10.6 Å². The number of methoxy groups -OCH3 is 3. The molecule has 0 radical (unpaired) electrons. The van der Waals surface area contributed by atoms with Crippen molar-refractivity contribution < 1.29 is 23.7 Å². The van der Waals surface area contributed by atoms with Crippen LogP contribution in [-0.4, -0.2) is 33.5 Å². The summed E-state index contributed by atoms with van der Waals surface area (Å²) >= 11 is 5.89. The van der Waals surface area contributed by atoms with E-state index in [0.717, 1.165) is 16.9 Å². The van der Waals surface area contributed by atoms with E-state index < -0.39 is 5.91 Å². The van der Waals surface area contributed by atoms with Gasteiger partial charge in [-0.1, -0.05) is 23.7 Å². The van der Waals surface area contributed by atoms with Crippen molar-refractivity contribution in [3.63, 3.8) is 0 Å². The van der Waals surface area contributed by atoms with E-state index in [-0.39, 0.29) is 0 Å². The van der Waals surface area contributed by atoms with Gasteiger partial charge in [0.05, 0.1) is 27.5 Å². The minimum atomic E-state index is -0.413. The van der Waals surface area contributed by atoms with Gasteiger partial charge in [0.15, 0.2) is 11.5 Å². The first kappa shape index (κ1) is 23.0. The quantitative estimate of drug-likeness (QED) is 0.374. The number of hydrogen-bond donors (Lipinski definition) is 1. The van der Waals surface area contributed by atoms with Gasteiger partial charge in [-0.15, -0.1) is 0 Å². The molecule has 1 N–H and O–H groups in total. The summed E-state index contributed by atoms with van der Waals surface area (Å²) < 4.78 is 21.6. The molecule has 0 unspecified atom stereocenters. The van der Waals surface area contributed by atoms with Crippen molar-refractivity contribution in [1.82, 2.24) is 5.43 Å². The van der Waals surface area contributed by atoms with Crippen LogP contribution in [0.3, 0.4) is 0 Å². The van der Waals surface area contributed by atoms with Crippen molar-refractivity contribution in [1.29, 1.82) is 0 Å². The van der Waals surface area contributed by atoms with Crippen molar-refractivity contribution >= 4 is 23.7 Å². The first-order valence-corrected chi connectivity index (χ1v) is 10.0. The molecule has 0 aliphatic rings. The average Bonchev–Trinajstić information content (AvgIpc) is 2.83. The Labute approximate surface area is 191 Å². The highest BCUT2D eigenvalue weighted by molar-refractivity contribution is 6.30. The first-order chi connectivity index (χ1) is 15.5. The molecule has 0 fully saturated rings. The molecule has 0 bridgehead atoms. The summed E-state index contributed by atoms with van der Waals surface area (Å²) in [6.07, 6.45) is 1.54. The van der Waals surface area contributed by atoms with Crippen LogP contribution in [0.1, 0.15) is 21.5 Å². The molecule has 0 saturated heterocycles. The van der Waals surface area contributed by atoms with Gasteiger partial charge in [-0.2, -0.15) is 5.10 Å². The predicted octanol–water partition coefficient (Wildman–Crippen LogP) is 4.71. The third kappa shape index (κ3) is 5.92. The third-order valence-corrected chi connectivity index (χ3v) is 4.76. The van der Waals surface area contributed by atoms with E-state index in [1.807, 2.05) is 48.5 Å². The lowest BCUT2D eigenvalue weighted by atomic mass is 10.1. The van der Waals surface area contributed by atoms with Crippen molar-refractivity contribution in [2.24, 2.45) is 5.10 Å². The fourth-order valence-electron chi connectivity index (χ4n) is 2.84. The van der Waals surface area contributed by atoms with Gasteiger partial charge in [-0.25, -0.2) is 5.43 Å². The van der Waals surface area contributed by atoms with E-state index in [4.69, 9.17) is 30.5 Å². The molecular weight excluding hydrogens is 432 g/mol. The van der Waals surface area contributed by atoms with Crippen LogP contribution in [0, 0.1) is 0 Å². The van der Waals surface area contributed by atoms with Crippen LogP contribution in [0.5, 0.6) is 23.0 Å². The van der Waals surface area contributed by atoms with Crippen molar-refractivity contribution in [2.45, 2.75) is 6.61 Å². The number of hydrazone groups is 1. The monoisotopic (exact) mass is 454 g/mol. The smallest absolute Gasteiger partial charge is 0.271 e. The Bertz CT molecular complexity index is 1060. The molecular formula is C24H23ClN2O5. The van der Waals surface area contributed by atoms with Crippen LogP contribution in [0.2, 0.25) is 5.02 Å². The lowest BCUT2D eigenvalue weighted by Gasteiger charge is -2.13. The molecule has 0 heterocycles. The van der Waals surface area contributed by atoms with Crippen LogP contribution >= 0.6 is 11.6 Å². The maximum atomic E-state index is 12.5. The lowest BCUT2D eigenvalue weighted by molar-refractivity contribution is 0.0954. The van der Waals surface area contributed by atoms with Crippen LogP contribution in [0.15, 0.2) is 65.8 Å². The molecule has 1 amide bonds. The Morgan fingerprint density at radius 1 is 0.938 bits per heavy atom.